The van der Waals surface area contributed by atoms with Crippen LogP contribution in [-0.4, -0.2) is 26.9 Å². The summed E-state index contributed by atoms with van der Waals surface area (Å²) in [5.41, 5.74) is 4.13. The molecular formula is C35H45NO4. The zero-order valence-electron chi connectivity index (χ0n) is 24.7. The van der Waals surface area contributed by atoms with Crippen LogP contribution >= 0.6 is 0 Å². The number of aliphatic carboxylic acids is 1. The molecule has 0 saturated heterocycles. The van der Waals surface area contributed by atoms with Crippen LogP contribution in [0.2, 0.25) is 0 Å². The Labute approximate surface area is 239 Å². The van der Waals surface area contributed by atoms with Gasteiger partial charge in [-0.3, -0.25) is 4.79 Å². The third-order valence-electron chi connectivity index (χ3n) is 11.2. The number of terminal acetylenes is 1. The third-order valence-corrected chi connectivity index (χ3v) is 11.2. The predicted octanol–water partition coefficient (Wildman–Crippen LogP) is 7.29. The maximum absolute atomic E-state index is 11.1. The van der Waals surface area contributed by atoms with Crippen molar-refractivity contribution in [2.24, 2.45) is 34.5 Å². The van der Waals surface area contributed by atoms with Gasteiger partial charge in [-0.1, -0.05) is 68.6 Å². The Balaban J connectivity index is 0.000000186. The molecule has 214 valence electrons. The van der Waals surface area contributed by atoms with E-state index in [9.17, 15) is 9.90 Å². The van der Waals surface area contributed by atoms with E-state index < -0.39 is 17.5 Å². The van der Waals surface area contributed by atoms with Gasteiger partial charge in [0.05, 0.1) is 12.1 Å². The molecule has 0 aliphatic heterocycles. The summed E-state index contributed by atoms with van der Waals surface area (Å²) in [6.07, 6.45) is 18.4. The molecule has 1 heterocycles. The molecule has 2 aromatic rings. The van der Waals surface area contributed by atoms with E-state index in [4.69, 9.17) is 16.1 Å². The topological polar surface area (TPSA) is 83.6 Å². The van der Waals surface area contributed by atoms with Crippen molar-refractivity contribution in [2.45, 2.75) is 97.5 Å². The van der Waals surface area contributed by atoms with Gasteiger partial charge < -0.3 is 14.7 Å². The highest BCUT2D eigenvalue weighted by atomic mass is 16.5. The molecule has 1 unspecified atom stereocenters. The van der Waals surface area contributed by atoms with E-state index in [2.05, 4.69) is 44.8 Å². The molecule has 40 heavy (non-hydrogen) atoms. The number of fused-ring (bicyclic) bond motifs is 6. The van der Waals surface area contributed by atoms with E-state index in [-0.39, 0.29) is 10.8 Å². The first-order chi connectivity index (χ1) is 18.9. The van der Waals surface area contributed by atoms with Crippen LogP contribution < -0.4 is 0 Å². The van der Waals surface area contributed by atoms with Crippen molar-refractivity contribution in [3.05, 3.63) is 58.5 Å². The van der Waals surface area contributed by atoms with Gasteiger partial charge in [-0.15, -0.1) is 6.42 Å². The van der Waals surface area contributed by atoms with Crippen LogP contribution in [0.25, 0.3) is 6.08 Å². The lowest BCUT2D eigenvalue weighted by Gasteiger charge is -2.58. The van der Waals surface area contributed by atoms with E-state index in [1.807, 2.05) is 30.5 Å². The molecule has 1 aromatic carbocycles. The van der Waals surface area contributed by atoms with Crippen LogP contribution in [0.5, 0.6) is 0 Å². The number of carbonyl (C=O) groups is 1. The highest BCUT2D eigenvalue weighted by Crippen LogP contribution is 2.67. The Morgan fingerprint density at radius 1 is 1.12 bits per heavy atom. The predicted molar refractivity (Wildman–Crippen MR) is 157 cm³/mol. The fourth-order valence-corrected chi connectivity index (χ4v) is 8.69. The molecule has 4 aliphatic carbocycles. The number of benzene rings is 1. The molecule has 5 heteroatoms. The number of hydrogen-bond donors (Lipinski definition) is 2. The van der Waals surface area contributed by atoms with Gasteiger partial charge in [-0.2, -0.15) is 0 Å². The number of allylic oxidation sites excluding steroid dienone is 1. The van der Waals surface area contributed by atoms with Crippen LogP contribution in [0, 0.1) is 46.8 Å². The number of hydrogen-bond acceptors (Lipinski definition) is 4. The first-order valence-corrected chi connectivity index (χ1v) is 15.1. The van der Waals surface area contributed by atoms with Crippen molar-refractivity contribution in [3.8, 4) is 12.3 Å². The van der Waals surface area contributed by atoms with Crippen molar-refractivity contribution in [2.75, 3.05) is 0 Å². The maximum Gasteiger partial charge on any atom is 0.310 e. The molecule has 4 aliphatic rings. The van der Waals surface area contributed by atoms with Gasteiger partial charge in [0.1, 0.15) is 5.60 Å². The summed E-state index contributed by atoms with van der Waals surface area (Å²) < 4.78 is 5.43. The largest absolute Gasteiger partial charge is 0.481 e. The lowest BCUT2D eigenvalue weighted by molar-refractivity contribution is -0.138. The minimum Gasteiger partial charge on any atom is -0.481 e. The minimum atomic E-state index is -0.909. The molecule has 5 nitrogen and oxygen atoms in total. The molecule has 3 saturated carbocycles. The number of carboxylic acid groups (broad SMARTS) is 1. The second kappa shape index (κ2) is 10.5. The minimum absolute atomic E-state index is 0.114. The van der Waals surface area contributed by atoms with Crippen molar-refractivity contribution < 1.29 is 19.5 Å². The Morgan fingerprint density at radius 2 is 1.82 bits per heavy atom. The lowest BCUT2D eigenvalue weighted by atomic mass is 9.46. The molecule has 0 bridgehead atoms. The van der Waals surface area contributed by atoms with Gasteiger partial charge in [0, 0.05) is 11.0 Å². The van der Waals surface area contributed by atoms with Crippen LogP contribution in [-0.2, 0) is 17.6 Å². The summed E-state index contributed by atoms with van der Waals surface area (Å²) in [5.74, 6) is 5.08. The zero-order valence-corrected chi connectivity index (χ0v) is 24.7. The highest BCUT2D eigenvalue weighted by molar-refractivity contribution is 5.75. The molecular weight excluding hydrogens is 498 g/mol. The molecule has 3 fully saturated rings. The standard InChI is InChI=1S/C22H27NO2.C13H18O2/c1-4-22(24)10-8-18-16-6-5-15-11-19-14(13-23-25-19)12-20(15,2)17(16)7-9-21(18,22)3;1-9(2)8-11-4-6-12(7-5-11)10(3)13(14)15/h1,11,13,16-18,24H,5-10,12H2,2-3H3;4-7,9-10H,8H2,1-3H3,(H,14,15)/t16-,17+,18+,20+,21+,22+;/m1./s1. The Kier molecular flexibility index (Phi) is 7.55. The van der Waals surface area contributed by atoms with Crippen LogP contribution in [0.4, 0.5) is 0 Å². The molecule has 1 aromatic heterocycles. The summed E-state index contributed by atoms with van der Waals surface area (Å²) in [6, 6.07) is 7.87. The average Bonchev–Trinajstić information content (AvgIpc) is 3.48. The first-order valence-electron chi connectivity index (χ1n) is 15.1. The maximum atomic E-state index is 11.1. The normalized spacial score (nSPS) is 34.6. The van der Waals surface area contributed by atoms with Crippen LogP contribution in [0.3, 0.4) is 0 Å². The highest BCUT2D eigenvalue weighted by Gasteiger charge is 2.63. The van der Waals surface area contributed by atoms with E-state index >= 15 is 0 Å². The summed E-state index contributed by atoms with van der Waals surface area (Å²) >= 11 is 0. The molecule has 0 radical (unpaired) electrons. The summed E-state index contributed by atoms with van der Waals surface area (Å²) in [7, 11) is 0. The second-order valence-corrected chi connectivity index (χ2v) is 13.8. The van der Waals surface area contributed by atoms with Crippen molar-refractivity contribution >= 4 is 12.0 Å². The van der Waals surface area contributed by atoms with E-state index in [1.165, 1.54) is 17.5 Å². The quantitative estimate of drug-likeness (QED) is 0.396. The number of carboxylic acids is 1. The van der Waals surface area contributed by atoms with E-state index in [0.29, 0.717) is 23.7 Å². The lowest BCUT2D eigenvalue weighted by Crippen LogP contribution is -2.54. The summed E-state index contributed by atoms with van der Waals surface area (Å²) in [4.78, 5) is 10.8. The van der Waals surface area contributed by atoms with Gasteiger partial charge in [-0.05, 0) is 105 Å². The van der Waals surface area contributed by atoms with Gasteiger partial charge in [0.25, 0.3) is 0 Å². The fourth-order valence-electron chi connectivity index (χ4n) is 8.69. The molecule has 2 N–H and O–H groups in total. The van der Waals surface area contributed by atoms with Crippen molar-refractivity contribution in [3.63, 3.8) is 0 Å². The van der Waals surface area contributed by atoms with Gasteiger partial charge >= 0.3 is 5.97 Å². The number of rotatable bonds is 4. The molecule has 7 atom stereocenters. The van der Waals surface area contributed by atoms with E-state index in [0.717, 1.165) is 56.3 Å². The van der Waals surface area contributed by atoms with Gasteiger partial charge in [0.2, 0.25) is 0 Å². The second-order valence-electron chi connectivity index (χ2n) is 13.8. The monoisotopic (exact) mass is 543 g/mol. The zero-order chi connectivity index (χ0) is 28.9. The Hall–Kier alpha value is -2.84. The Bertz CT molecular complexity index is 1320. The van der Waals surface area contributed by atoms with Gasteiger partial charge in [-0.25, -0.2) is 0 Å². The van der Waals surface area contributed by atoms with E-state index in [1.54, 1.807) is 12.5 Å². The molecule has 0 spiro atoms. The number of nitrogens with zero attached hydrogens (tertiary/aromatic N) is 1. The summed E-state index contributed by atoms with van der Waals surface area (Å²) in [5, 5.41) is 23.9. The first kappa shape index (κ1) is 28.7. The smallest absolute Gasteiger partial charge is 0.310 e. The van der Waals surface area contributed by atoms with Gasteiger partial charge in [0.15, 0.2) is 5.76 Å². The average molecular weight is 544 g/mol. The van der Waals surface area contributed by atoms with Crippen LogP contribution in [0.1, 0.15) is 102 Å². The molecule has 0 amide bonds. The van der Waals surface area contributed by atoms with Crippen molar-refractivity contribution in [1.82, 2.24) is 5.16 Å². The number of aromatic nitrogens is 1. The SMILES string of the molecule is C#C[C@]1(O)CC[C@H]2[C@@H]3CCC4=Cc5oncc5C[C@]4(C)[C@H]3CC[C@@]21C.CC(C)Cc1ccc(C(C)C(=O)O)cc1. The summed E-state index contributed by atoms with van der Waals surface area (Å²) in [6.45, 7) is 10.8. The van der Waals surface area contributed by atoms with Crippen LogP contribution in [0.15, 0.2) is 40.6 Å². The number of aliphatic hydroxyl groups is 1. The fraction of sp³-hybridized carbons (Fsp3) is 0.600. The Morgan fingerprint density at radius 3 is 2.48 bits per heavy atom. The molecule has 6 rings (SSSR count). The van der Waals surface area contributed by atoms with Crippen molar-refractivity contribution in [1.29, 1.82) is 0 Å². The third kappa shape index (κ3) is 4.73.